The zero-order valence-corrected chi connectivity index (χ0v) is 65.3. The Morgan fingerprint density at radius 1 is 0.423 bits per heavy atom. The highest BCUT2D eigenvalue weighted by Gasteiger charge is 2.36. The lowest BCUT2D eigenvalue weighted by Gasteiger charge is -2.27. The highest BCUT2D eigenvalue weighted by Crippen LogP contribution is 2.21. The number of carbonyl (C=O) groups is 16. The van der Waals surface area contributed by atoms with Gasteiger partial charge >= 0.3 is 5.97 Å². The number of para-hydroxylation sites is 2. The molecule has 612 valence electrons. The monoisotopic (exact) mass is 1590 g/mol. The Bertz CT molecular complexity index is 3890. The van der Waals surface area contributed by atoms with Crippen LogP contribution in [-0.4, -0.2) is 232 Å². The molecule has 0 aliphatic heterocycles. The molecular formula is C72H109N19O18S2. The molecule has 0 saturated heterocycles. The van der Waals surface area contributed by atoms with Gasteiger partial charge in [0, 0.05) is 52.1 Å². The fourth-order valence-corrected chi connectivity index (χ4v) is 12.0. The lowest BCUT2D eigenvalue weighted by Crippen LogP contribution is -2.59. The summed E-state index contributed by atoms with van der Waals surface area (Å²) < 4.78 is 0. The number of aromatic amines is 2. The molecule has 111 heavy (non-hydrogen) atoms. The van der Waals surface area contributed by atoms with Crippen molar-refractivity contribution in [1.82, 2.24) is 84.4 Å². The summed E-state index contributed by atoms with van der Waals surface area (Å²) in [5.41, 5.74) is 20.3. The fraction of sp³-hybridized carbons (Fsp3) is 0.556. The maximum atomic E-state index is 14.0. The summed E-state index contributed by atoms with van der Waals surface area (Å²) in [5, 5.41) is 55.5. The first-order valence-electron chi connectivity index (χ1n) is 36.5. The predicted octanol–water partition coefficient (Wildman–Crippen LogP) is -4.19. The topological polar surface area (TPSA) is 592 Å². The first-order valence-corrected chi connectivity index (χ1v) is 37.8. The lowest BCUT2D eigenvalue weighted by molar-refractivity contribution is -0.143. The number of carboxylic acid groups (broad SMARTS) is 1. The molecule has 0 spiro atoms. The van der Waals surface area contributed by atoms with Gasteiger partial charge < -0.3 is 112 Å². The minimum Gasteiger partial charge on any atom is -0.480 e. The molecule has 0 bridgehead atoms. The zero-order valence-electron chi connectivity index (χ0n) is 63.5. The standard InChI is InChI=1S/C72H109N19O18S2/c1-36(2)21-48(63(99)79-32-60(97)91-61(39(7)8)72(108)109)86-71(107)55(35-111)90-69(105)50(23-38(5)6)87-67(103)47(19-13-14-20-73)82-57(94)29-80-65(101)53(33-92)84-59(96)31-78-64(100)51(25-41-28-77-46-18-12-10-16-43(41)46)83-58(95)30-81-66(102)54(34-110)89-70(106)52(26-56(75)93)88-68(104)49(22-37(3)4)85-62(98)44(74)24-40-27-76-45-17-11-9-15-42(40)45/h9-12,15-18,27-28,36-39,44,47-55,61,76-77,92,110-111H,13-14,19-26,29-35,73-74H2,1-8H3,(H2,75,93)(H,78,100)(H,79,99)(H,80,101)(H,81,102)(H,82,94)(H,83,95)(H,84,96)(H,85,98)(H,86,107)(H,87,103)(H,88,104)(H,89,106)(H,90,105)(H,91,97)(H,108,109)/t44-,47-,48-,49-,50-,51-,52-,53-,54-,55-,61-/m0/s1. The van der Waals surface area contributed by atoms with Crippen molar-refractivity contribution in [2.24, 2.45) is 40.9 Å². The number of H-pyrrole nitrogens is 2. The number of benzene rings is 2. The third kappa shape index (κ3) is 31.9. The Hall–Kier alpha value is -10.4. The number of hydrogen-bond donors (Lipinski definition) is 23. The van der Waals surface area contributed by atoms with E-state index in [9.17, 15) is 86.9 Å². The minimum atomic E-state index is -1.72. The van der Waals surface area contributed by atoms with Gasteiger partial charge in [0.25, 0.3) is 0 Å². The normalized spacial score (nSPS) is 14.3. The predicted molar refractivity (Wildman–Crippen MR) is 416 cm³/mol. The molecule has 15 amide bonds. The Kier molecular flexibility index (Phi) is 39.4. The number of amides is 15. The van der Waals surface area contributed by atoms with Crippen LogP contribution in [0.15, 0.2) is 60.9 Å². The van der Waals surface area contributed by atoms with Crippen molar-refractivity contribution in [3.8, 4) is 0 Å². The number of carboxylic acids is 1. The smallest absolute Gasteiger partial charge is 0.326 e. The van der Waals surface area contributed by atoms with Crippen LogP contribution in [0.25, 0.3) is 21.8 Å². The Morgan fingerprint density at radius 2 is 0.775 bits per heavy atom. The molecule has 0 fully saturated rings. The van der Waals surface area contributed by atoms with Gasteiger partial charge in [0.15, 0.2) is 0 Å². The number of fused-ring (bicyclic) bond motifs is 2. The van der Waals surface area contributed by atoms with Crippen molar-refractivity contribution in [3.05, 3.63) is 72.1 Å². The van der Waals surface area contributed by atoms with E-state index in [1.54, 1.807) is 92.0 Å². The van der Waals surface area contributed by atoms with Crippen LogP contribution >= 0.6 is 25.3 Å². The van der Waals surface area contributed by atoms with Crippen LogP contribution in [0, 0.1) is 23.7 Å². The van der Waals surface area contributed by atoms with Gasteiger partial charge in [-0.15, -0.1) is 0 Å². The molecule has 39 heteroatoms. The highest BCUT2D eigenvalue weighted by molar-refractivity contribution is 7.80. The maximum absolute atomic E-state index is 14.0. The molecule has 2 aromatic heterocycles. The van der Waals surface area contributed by atoms with Crippen LogP contribution < -0.4 is 91.6 Å². The SMILES string of the molecule is CC(C)C[C@H](NC(=O)[C@H](CS)NC(=O)[C@H](CC(C)C)NC(=O)[C@H](CCCCN)NC(=O)CNC(=O)[C@H](CO)NC(=O)CNC(=O)[C@H](Cc1c[nH]c2ccccc12)NC(=O)CNC(=O)[C@H](CS)NC(=O)[C@H](CC(N)=O)NC(=O)[C@H](CC(C)C)NC(=O)[C@@H](N)Cc1c[nH]c2ccccc12)C(=O)NCC(=O)N[C@H](C(=O)O)C(C)C. The van der Waals surface area contributed by atoms with Gasteiger partial charge in [-0.05, 0) is 98.4 Å². The van der Waals surface area contributed by atoms with Crippen molar-refractivity contribution in [1.29, 1.82) is 0 Å². The van der Waals surface area contributed by atoms with E-state index < -0.39 is 206 Å². The number of carbonyl (C=O) groups excluding carboxylic acids is 15. The van der Waals surface area contributed by atoms with E-state index in [0.717, 1.165) is 16.5 Å². The van der Waals surface area contributed by atoms with Gasteiger partial charge in [-0.2, -0.15) is 25.3 Å². The van der Waals surface area contributed by atoms with Gasteiger partial charge in [-0.1, -0.05) is 91.8 Å². The Balaban J connectivity index is 1.37. The number of aliphatic hydroxyl groups excluding tert-OH is 1. The van der Waals surface area contributed by atoms with Gasteiger partial charge in [0.2, 0.25) is 88.6 Å². The van der Waals surface area contributed by atoms with E-state index >= 15 is 0 Å². The average Bonchev–Trinajstić information content (AvgIpc) is 1.70. The quantitative estimate of drug-likeness (QED) is 0.0147. The van der Waals surface area contributed by atoms with E-state index in [4.69, 9.17) is 17.2 Å². The first-order chi connectivity index (χ1) is 52.5. The molecular weight excluding hydrogens is 1480 g/mol. The number of aromatic nitrogens is 2. The average molecular weight is 1590 g/mol. The molecule has 11 atom stereocenters. The Morgan fingerprint density at radius 3 is 1.21 bits per heavy atom. The van der Waals surface area contributed by atoms with Crippen LogP contribution in [-0.2, 0) is 89.6 Å². The molecule has 0 aliphatic rings. The second-order valence-corrected chi connectivity index (χ2v) is 29.1. The summed E-state index contributed by atoms with van der Waals surface area (Å²) in [6, 6.07) is -0.725. The van der Waals surface area contributed by atoms with Crippen LogP contribution in [0.3, 0.4) is 0 Å². The van der Waals surface area contributed by atoms with Gasteiger partial charge in [-0.25, -0.2) is 4.79 Å². The minimum absolute atomic E-state index is 0.00833. The van der Waals surface area contributed by atoms with Crippen molar-refractivity contribution in [3.63, 3.8) is 0 Å². The lowest BCUT2D eigenvalue weighted by atomic mass is 10.0. The van der Waals surface area contributed by atoms with Gasteiger partial charge in [0.05, 0.1) is 45.2 Å². The van der Waals surface area contributed by atoms with E-state index in [1.807, 2.05) is 24.3 Å². The number of hydrogen-bond acceptors (Lipinski definition) is 21. The van der Waals surface area contributed by atoms with E-state index in [-0.39, 0.29) is 74.3 Å². The summed E-state index contributed by atoms with van der Waals surface area (Å²) in [7, 11) is 0. The van der Waals surface area contributed by atoms with Crippen molar-refractivity contribution >= 4 is 142 Å². The van der Waals surface area contributed by atoms with Crippen molar-refractivity contribution in [2.45, 2.75) is 180 Å². The molecule has 0 aliphatic carbocycles. The number of aliphatic hydroxyl groups is 1. The molecule has 2 aromatic carbocycles. The molecule has 0 unspecified atom stereocenters. The van der Waals surface area contributed by atoms with Crippen LogP contribution in [0.2, 0.25) is 0 Å². The summed E-state index contributed by atoms with van der Waals surface area (Å²) in [5.74, 6) is -16.5. The van der Waals surface area contributed by atoms with Crippen LogP contribution in [0.1, 0.15) is 111 Å². The zero-order chi connectivity index (χ0) is 82.8. The number of aliphatic carboxylic acids is 1. The second kappa shape index (κ2) is 47.0. The third-order valence-corrected chi connectivity index (χ3v) is 18.0. The molecule has 4 aromatic rings. The number of thiol groups is 2. The highest BCUT2D eigenvalue weighted by atomic mass is 32.1. The number of nitrogens with two attached hydrogens (primary N) is 3. The van der Waals surface area contributed by atoms with E-state index in [0.29, 0.717) is 29.3 Å². The van der Waals surface area contributed by atoms with E-state index in [1.165, 1.54) is 0 Å². The molecule has 37 nitrogen and oxygen atoms in total. The molecule has 24 N–H and O–H groups in total. The van der Waals surface area contributed by atoms with Gasteiger partial charge in [0.1, 0.15) is 60.4 Å². The van der Waals surface area contributed by atoms with Crippen LogP contribution in [0.5, 0.6) is 0 Å². The largest absolute Gasteiger partial charge is 0.480 e. The third-order valence-electron chi connectivity index (χ3n) is 17.3. The van der Waals surface area contributed by atoms with Crippen molar-refractivity contribution in [2.75, 3.05) is 50.8 Å². The molecule has 0 saturated carbocycles. The Labute approximate surface area is 653 Å². The summed E-state index contributed by atoms with van der Waals surface area (Å²) in [6.45, 7) is 9.96. The number of rotatable bonds is 49. The van der Waals surface area contributed by atoms with E-state index in [2.05, 4.69) is 110 Å². The molecule has 2 heterocycles. The van der Waals surface area contributed by atoms with Gasteiger partial charge in [-0.3, -0.25) is 71.9 Å². The summed E-state index contributed by atoms with van der Waals surface area (Å²) >= 11 is 8.45. The summed E-state index contributed by atoms with van der Waals surface area (Å²) in [6.07, 6.45) is 3.40. The first kappa shape index (κ1) is 93.0. The summed E-state index contributed by atoms with van der Waals surface area (Å²) in [4.78, 5) is 220. The molecule has 0 radical (unpaired) electrons. The van der Waals surface area contributed by atoms with Crippen LogP contribution in [0.4, 0.5) is 0 Å². The molecule has 4 rings (SSSR count). The number of unbranched alkanes of at least 4 members (excludes halogenated alkanes) is 1. The maximum Gasteiger partial charge on any atom is 0.326 e. The number of primary amides is 1. The number of nitrogens with one attached hydrogen (secondary N) is 16. The second-order valence-electron chi connectivity index (χ2n) is 28.4. The van der Waals surface area contributed by atoms with Crippen molar-refractivity contribution < 1.29 is 86.9 Å². The fourth-order valence-electron chi connectivity index (χ4n) is 11.5.